The Morgan fingerprint density at radius 2 is 1.75 bits per heavy atom. The first kappa shape index (κ1) is 22.3. The van der Waals surface area contributed by atoms with E-state index in [0.717, 1.165) is 21.7 Å². The number of thiazole rings is 1. The SMILES string of the molecule is CCC(=O)c1cnc(-c2cc(C)ccc2Cl)s1.Cc1cc(CO)cc(C)c1C. The summed E-state index contributed by atoms with van der Waals surface area (Å²) in [5, 5.41) is 10.3. The molecule has 148 valence electrons. The van der Waals surface area contributed by atoms with Gasteiger partial charge in [-0.05, 0) is 62.1 Å². The molecular weight excluding hydrogens is 390 g/mol. The maximum Gasteiger partial charge on any atom is 0.174 e. The largest absolute Gasteiger partial charge is 0.392 e. The van der Waals surface area contributed by atoms with Crippen LogP contribution in [0, 0.1) is 27.7 Å². The van der Waals surface area contributed by atoms with Crippen molar-refractivity contribution >= 4 is 28.7 Å². The Balaban J connectivity index is 0.000000221. The van der Waals surface area contributed by atoms with Crippen LogP contribution in [-0.2, 0) is 6.61 Å². The molecule has 0 amide bonds. The normalized spacial score (nSPS) is 10.4. The van der Waals surface area contributed by atoms with Gasteiger partial charge < -0.3 is 5.11 Å². The van der Waals surface area contributed by atoms with Crippen LogP contribution >= 0.6 is 22.9 Å². The maximum absolute atomic E-state index is 11.5. The molecule has 0 bridgehead atoms. The minimum absolute atomic E-state index is 0.123. The number of aliphatic hydroxyl groups excluding tert-OH is 1. The van der Waals surface area contributed by atoms with E-state index in [9.17, 15) is 4.79 Å². The van der Waals surface area contributed by atoms with Crippen LogP contribution in [0.5, 0.6) is 0 Å². The number of halogens is 1. The average Bonchev–Trinajstić information content (AvgIpc) is 3.17. The summed E-state index contributed by atoms with van der Waals surface area (Å²) in [4.78, 5) is 16.5. The fraction of sp³-hybridized carbons (Fsp3) is 0.304. The highest BCUT2D eigenvalue weighted by Gasteiger charge is 2.12. The Kier molecular flexibility index (Phi) is 7.93. The molecule has 0 aliphatic rings. The molecule has 0 saturated carbocycles. The van der Waals surface area contributed by atoms with Gasteiger partial charge >= 0.3 is 0 Å². The molecule has 0 unspecified atom stereocenters. The summed E-state index contributed by atoms with van der Waals surface area (Å²) in [5.74, 6) is 0.123. The molecule has 1 heterocycles. The monoisotopic (exact) mass is 415 g/mol. The number of Topliss-reactive ketones (excluding diaryl/α,β-unsaturated/α-hetero) is 1. The summed E-state index contributed by atoms with van der Waals surface area (Å²) in [6.45, 7) is 10.2. The van der Waals surface area contributed by atoms with E-state index >= 15 is 0 Å². The van der Waals surface area contributed by atoms with Crippen molar-refractivity contribution in [3.63, 3.8) is 0 Å². The first-order valence-electron chi connectivity index (χ1n) is 9.20. The van der Waals surface area contributed by atoms with Gasteiger partial charge in [0.25, 0.3) is 0 Å². The molecule has 0 radical (unpaired) electrons. The Hall–Kier alpha value is -2.01. The first-order valence-corrected chi connectivity index (χ1v) is 10.4. The van der Waals surface area contributed by atoms with Gasteiger partial charge in [-0.3, -0.25) is 4.79 Å². The molecule has 5 heteroatoms. The van der Waals surface area contributed by atoms with Crippen molar-refractivity contribution in [3.05, 3.63) is 74.2 Å². The van der Waals surface area contributed by atoms with Crippen molar-refractivity contribution in [2.45, 2.75) is 47.6 Å². The zero-order chi connectivity index (χ0) is 20.8. The van der Waals surface area contributed by atoms with Crippen molar-refractivity contribution in [2.75, 3.05) is 0 Å². The molecular formula is C23H26ClNO2S. The minimum atomic E-state index is 0.123. The molecule has 0 atom stereocenters. The lowest BCUT2D eigenvalue weighted by molar-refractivity contribution is 0.0992. The number of carbonyl (C=O) groups excluding carboxylic acids is 1. The number of rotatable bonds is 4. The molecule has 3 nitrogen and oxygen atoms in total. The van der Waals surface area contributed by atoms with E-state index in [1.807, 2.05) is 44.2 Å². The fourth-order valence-electron chi connectivity index (χ4n) is 2.72. The van der Waals surface area contributed by atoms with Crippen molar-refractivity contribution < 1.29 is 9.90 Å². The lowest BCUT2D eigenvalue weighted by atomic mass is 10.0. The highest BCUT2D eigenvalue weighted by Crippen LogP contribution is 2.32. The average molecular weight is 416 g/mol. The van der Waals surface area contributed by atoms with Gasteiger partial charge in [0.15, 0.2) is 5.78 Å². The zero-order valence-electron chi connectivity index (χ0n) is 17.0. The third kappa shape index (κ3) is 5.51. The van der Waals surface area contributed by atoms with E-state index in [2.05, 4.69) is 25.8 Å². The van der Waals surface area contributed by atoms with Gasteiger partial charge in [-0.1, -0.05) is 42.3 Å². The molecule has 1 aromatic heterocycles. The predicted molar refractivity (Wildman–Crippen MR) is 118 cm³/mol. The van der Waals surface area contributed by atoms with Gasteiger partial charge in [0, 0.05) is 18.2 Å². The highest BCUT2D eigenvalue weighted by molar-refractivity contribution is 7.17. The third-order valence-corrected chi connectivity index (χ3v) is 6.02. The van der Waals surface area contributed by atoms with Gasteiger partial charge in [0.1, 0.15) is 5.01 Å². The van der Waals surface area contributed by atoms with Gasteiger partial charge in [-0.25, -0.2) is 4.98 Å². The lowest BCUT2D eigenvalue weighted by Crippen LogP contribution is -1.91. The minimum Gasteiger partial charge on any atom is -0.392 e. The van der Waals surface area contributed by atoms with E-state index in [1.165, 1.54) is 28.0 Å². The van der Waals surface area contributed by atoms with Crippen LogP contribution in [0.1, 0.15) is 50.8 Å². The smallest absolute Gasteiger partial charge is 0.174 e. The van der Waals surface area contributed by atoms with Crippen LogP contribution in [0.4, 0.5) is 0 Å². The summed E-state index contributed by atoms with van der Waals surface area (Å²) in [7, 11) is 0. The van der Waals surface area contributed by atoms with Crippen LogP contribution in [0.15, 0.2) is 36.5 Å². The highest BCUT2D eigenvalue weighted by atomic mass is 35.5. The van der Waals surface area contributed by atoms with Gasteiger partial charge in [0.05, 0.1) is 16.5 Å². The summed E-state index contributed by atoms with van der Waals surface area (Å²) < 4.78 is 0. The molecule has 28 heavy (non-hydrogen) atoms. The molecule has 0 fully saturated rings. The predicted octanol–water partition coefficient (Wildman–Crippen LogP) is 6.47. The quantitative estimate of drug-likeness (QED) is 0.497. The number of hydrogen-bond donors (Lipinski definition) is 1. The van der Waals surface area contributed by atoms with E-state index in [0.29, 0.717) is 16.3 Å². The topological polar surface area (TPSA) is 50.2 Å². The Bertz CT molecular complexity index is 955. The summed E-state index contributed by atoms with van der Waals surface area (Å²) in [5.41, 5.74) is 6.87. The number of carbonyl (C=O) groups is 1. The van der Waals surface area contributed by atoms with Gasteiger partial charge in [-0.2, -0.15) is 0 Å². The van der Waals surface area contributed by atoms with Crippen molar-refractivity contribution in [1.29, 1.82) is 0 Å². The van der Waals surface area contributed by atoms with Crippen molar-refractivity contribution in [2.24, 2.45) is 0 Å². The Labute approximate surface area is 176 Å². The third-order valence-electron chi connectivity index (χ3n) is 4.62. The number of aliphatic hydroxyl groups is 1. The first-order chi connectivity index (χ1) is 13.3. The zero-order valence-corrected chi connectivity index (χ0v) is 18.5. The summed E-state index contributed by atoms with van der Waals surface area (Å²) in [6.07, 6.45) is 2.13. The summed E-state index contributed by atoms with van der Waals surface area (Å²) in [6, 6.07) is 9.86. The molecule has 2 aromatic carbocycles. The number of benzene rings is 2. The molecule has 0 aliphatic carbocycles. The number of aromatic nitrogens is 1. The molecule has 3 rings (SSSR count). The van der Waals surface area contributed by atoms with Crippen molar-refractivity contribution in [1.82, 2.24) is 4.98 Å². The molecule has 0 saturated heterocycles. The lowest BCUT2D eigenvalue weighted by Gasteiger charge is -2.06. The molecule has 0 spiro atoms. The number of hydrogen-bond acceptors (Lipinski definition) is 4. The Morgan fingerprint density at radius 1 is 1.11 bits per heavy atom. The standard InChI is InChI=1S/C13H12ClNOS.C10H14O/c1-3-11(16)12-7-15-13(17-12)9-6-8(2)4-5-10(9)14;1-7-4-10(6-11)5-8(2)9(7)3/h4-7H,3H2,1-2H3;4-5,11H,6H2,1-3H3. The van der Waals surface area contributed by atoms with E-state index in [1.54, 1.807) is 6.20 Å². The van der Waals surface area contributed by atoms with E-state index < -0.39 is 0 Å². The van der Waals surface area contributed by atoms with Crippen LogP contribution < -0.4 is 0 Å². The number of ketones is 1. The van der Waals surface area contributed by atoms with E-state index in [4.69, 9.17) is 16.7 Å². The maximum atomic E-state index is 11.5. The fourth-order valence-corrected chi connectivity index (χ4v) is 3.94. The van der Waals surface area contributed by atoms with Crippen LogP contribution in [-0.4, -0.2) is 15.9 Å². The summed E-state index contributed by atoms with van der Waals surface area (Å²) >= 11 is 7.53. The molecule has 0 aliphatic heterocycles. The second kappa shape index (κ2) is 9.97. The van der Waals surface area contributed by atoms with Crippen molar-refractivity contribution in [3.8, 4) is 10.6 Å². The second-order valence-corrected chi connectivity index (χ2v) is 8.24. The Morgan fingerprint density at radius 3 is 2.32 bits per heavy atom. The van der Waals surface area contributed by atoms with Gasteiger partial charge in [-0.15, -0.1) is 11.3 Å². The van der Waals surface area contributed by atoms with Crippen LogP contribution in [0.3, 0.4) is 0 Å². The van der Waals surface area contributed by atoms with Crippen LogP contribution in [0.2, 0.25) is 5.02 Å². The van der Waals surface area contributed by atoms with E-state index in [-0.39, 0.29) is 12.4 Å². The second-order valence-electron chi connectivity index (χ2n) is 6.80. The van der Waals surface area contributed by atoms with Gasteiger partial charge in [0.2, 0.25) is 0 Å². The number of aryl methyl sites for hydroxylation is 3. The molecule has 1 N–H and O–H groups in total. The number of nitrogens with zero attached hydrogens (tertiary/aromatic N) is 1. The van der Waals surface area contributed by atoms with Crippen LogP contribution in [0.25, 0.3) is 10.6 Å². The molecule has 3 aromatic rings.